The predicted octanol–water partition coefficient (Wildman–Crippen LogP) is -1.61. The van der Waals surface area contributed by atoms with E-state index in [1.54, 1.807) is 0 Å². The van der Waals surface area contributed by atoms with Gasteiger partial charge in [-0.2, -0.15) is 0 Å². The number of carboxylic acids is 1. The molecular formula is C3H7NO3. The molecule has 4 N–H and O–H groups in total. The summed E-state index contributed by atoms with van der Waals surface area (Å²) in [6.07, 6.45) is 0. The van der Waals surface area contributed by atoms with Crippen molar-refractivity contribution >= 4 is 5.97 Å². The molecule has 0 aromatic rings. The molecule has 0 aliphatic heterocycles. The number of carbonyl (C=O) groups is 1. The van der Waals surface area contributed by atoms with Gasteiger partial charge in [0.15, 0.2) is 0 Å². The second-order valence-electron chi connectivity index (χ2n) is 0.738. The fourth-order valence-electron chi connectivity index (χ4n) is 0.0417. The van der Waals surface area contributed by atoms with E-state index in [0.29, 0.717) is 0 Å². The van der Waals surface area contributed by atoms with Crippen LogP contribution in [0.25, 0.3) is 1.43 Å². The molecule has 0 fully saturated rings. The van der Waals surface area contributed by atoms with Crippen molar-refractivity contribution in [1.82, 2.24) is 0 Å². The Kier molecular flexibility index (Phi) is 0.439. The minimum atomic E-state index is -3.27. The van der Waals surface area contributed by atoms with E-state index in [0.717, 1.165) is 0 Å². The number of nitrogens with two attached hydrogens (primary N) is 1. The second kappa shape index (κ2) is 2.54. The van der Waals surface area contributed by atoms with Crippen LogP contribution in [-0.4, -0.2) is 30.2 Å². The zero-order valence-corrected chi connectivity index (χ0v) is 3.17. The van der Waals surface area contributed by atoms with Gasteiger partial charge in [-0.1, -0.05) is 0 Å². The van der Waals surface area contributed by atoms with E-state index in [1.165, 1.54) is 0 Å². The maximum atomic E-state index is 10.8. The summed E-state index contributed by atoms with van der Waals surface area (Å²) >= 11 is 0. The Balaban J connectivity index is 5.20. The van der Waals surface area contributed by atoms with Gasteiger partial charge in [-0.25, -0.2) is 0 Å². The van der Waals surface area contributed by atoms with Gasteiger partial charge in [0, 0.05) is 0 Å². The van der Waals surface area contributed by atoms with Gasteiger partial charge in [0.25, 0.3) is 1.43 Å². The molecule has 0 bridgehead atoms. The average Bonchev–Trinajstić information content (AvgIpc) is 2.14. The lowest BCUT2D eigenvalue weighted by Gasteiger charge is -1.96. The van der Waals surface area contributed by atoms with Crippen LogP contribution in [0.4, 0.5) is 0 Å². The molecule has 42 valence electrons. The summed E-state index contributed by atoms with van der Waals surface area (Å²) < 4.78 is 46.6. The number of rotatable bonds is 4. The fourth-order valence-corrected chi connectivity index (χ4v) is 0.0417. The minimum absolute atomic E-state index is 0.640. The third-order valence-electron chi connectivity index (χ3n) is 0.290. The summed E-state index contributed by atoms with van der Waals surface area (Å²) in [4.78, 5) is 10.8. The number of carboxylic acid groups (broad SMARTS) is 1. The highest BCUT2D eigenvalue weighted by Gasteiger charge is 2.06. The van der Waals surface area contributed by atoms with Gasteiger partial charge in [0.2, 0.25) is 1.43 Å². The maximum absolute atomic E-state index is 10.8. The Labute approximate surface area is 50.7 Å². The van der Waals surface area contributed by atoms with Crippen LogP contribution >= 0.6 is 0 Å². The lowest BCUT2D eigenvalue weighted by molar-refractivity contribution is -0.139. The van der Waals surface area contributed by atoms with Crippen molar-refractivity contribution in [2.45, 2.75) is 6.02 Å². The van der Waals surface area contributed by atoms with Crippen molar-refractivity contribution < 1.29 is 21.9 Å². The van der Waals surface area contributed by atoms with Gasteiger partial charge >= 0.3 is 5.97 Å². The summed E-state index contributed by atoms with van der Waals surface area (Å²) in [6, 6.07) is -3.25. The molecule has 4 nitrogen and oxygen atoms in total. The first-order valence-electron chi connectivity index (χ1n) is 4.55. The summed E-state index contributed by atoms with van der Waals surface area (Å²) in [5, 5.41) is 6.72. The lowest BCUT2D eigenvalue weighted by Crippen LogP contribution is -2.33. The highest BCUT2D eigenvalue weighted by atomic mass is 16.4. The van der Waals surface area contributed by atoms with Crippen LogP contribution < -0.4 is 5.72 Å². The first-order chi connectivity index (χ1) is 6.24. The largest absolute Gasteiger partial charge is 0.480 e. The standard InChI is InChI=1S/C3H7NO3/c4-2(1-5)3(6)7/h2,5H,1,4H2,(H,6,7)/i1D2,2D,5D/hD3. The monoisotopic (exact) mass is 112 g/mol. The molecule has 0 aromatic heterocycles. The molecule has 0 aliphatic rings. The minimum Gasteiger partial charge on any atom is -0.480 e. The maximum Gasteiger partial charge on any atom is 0.322 e. The van der Waals surface area contributed by atoms with Crippen LogP contribution in [0.5, 0.6) is 0 Å². The molecule has 0 spiro atoms. The van der Waals surface area contributed by atoms with E-state index < -0.39 is 24.3 Å². The van der Waals surface area contributed by atoms with Crippen LogP contribution in [0.1, 0.15) is 4.11 Å². The number of aliphatic hydroxyl groups is 1. The molecule has 0 aromatic carbocycles. The highest BCUT2D eigenvalue weighted by Crippen LogP contribution is 1.71. The molecule has 0 heterocycles. The van der Waals surface area contributed by atoms with Crippen LogP contribution in [0, 0.1) is 0 Å². The van der Waals surface area contributed by atoms with E-state index >= 15 is 0 Å². The molecule has 1 atom stereocenters. The Morgan fingerprint density at radius 1 is 2.57 bits per heavy atom. The second-order valence-corrected chi connectivity index (χ2v) is 0.738. The van der Waals surface area contributed by atoms with Gasteiger partial charge in [-0.15, -0.1) is 0 Å². The molecule has 0 amide bonds. The van der Waals surface area contributed by atoms with Crippen LogP contribution in [-0.2, 0) is 4.79 Å². The van der Waals surface area contributed by atoms with E-state index in [4.69, 9.17) is 9.80 Å². The Hall–Kier alpha value is -0.610. The highest BCUT2D eigenvalue weighted by molar-refractivity contribution is 5.73. The smallest absolute Gasteiger partial charge is 0.322 e. The average molecular weight is 112 g/mol. The summed E-state index contributed by atoms with van der Waals surface area (Å²) in [7, 11) is 0. The number of hydrogen-bond donors (Lipinski definition) is 3. The molecule has 7 heavy (non-hydrogen) atoms. The normalized spacial score (nSPS) is 34.1. The fraction of sp³-hybridized carbons (Fsp3) is 0.667. The van der Waals surface area contributed by atoms with Crippen molar-refractivity contribution in [2.75, 3.05) is 6.56 Å². The summed E-state index contributed by atoms with van der Waals surface area (Å²) in [5.41, 5.74) is -0.640. The molecule has 0 aliphatic carbocycles. The zero-order valence-electron chi connectivity index (χ0n) is 10.2. The topological polar surface area (TPSA) is 83.5 Å². The number of aliphatic carboxylic acids is 1. The molecule has 0 saturated heterocycles. The SMILES string of the molecule is [2H]OC(=O)C([2H])(N([2H])[2H])C([2H])([2H])O[2H]. The molecule has 0 saturated carbocycles. The van der Waals surface area contributed by atoms with E-state index in [1.807, 2.05) is 0 Å². The van der Waals surface area contributed by atoms with Gasteiger partial charge in [-0.05, 0) is 0 Å². The van der Waals surface area contributed by atoms with Gasteiger partial charge in [0.1, 0.15) is 8.84 Å². The van der Waals surface area contributed by atoms with Gasteiger partial charge in [0.05, 0.1) is 10.7 Å². The summed E-state index contributed by atoms with van der Waals surface area (Å²) in [5.74, 6) is -1.83. The van der Waals surface area contributed by atoms with Crippen molar-refractivity contribution in [2.24, 2.45) is 5.72 Å². The van der Waals surface area contributed by atoms with Crippen LogP contribution in [0.15, 0.2) is 0 Å². The van der Waals surface area contributed by atoms with Crippen LogP contribution in [0.3, 0.4) is 0 Å². The van der Waals surface area contributed by atoms with Crippen molar-refractivity contribution in [3.63, 3.8) is 0 Å². The first kappa shape index (κ1) is 1.21. The van der Waals surface area contributed by atoms with E-state index in [2.05, 4.69) is 10.2 Å². The molecule has 0 rings (SSSR count). The zero-order chi connectivity index (χ0) is 11.6. The third kappa shape index (κ3) is 2.13. The molecule has 1 unspecified atom stereocenters. The Morgan fingerprint density at radius 2 is 3.43 bits per heavy atom. The van der Waals surface area contributed by atoms with Gasteiger partial charge in [-0.3, -0.25) is 4.79 Å². The summed E-state index contributed by atoms with van der Waals surface area (Å²) in [6.45, 7) is -3.27. The van der Waals surface area contributed by atoms with E-state index in [9.17, 15) is 4.79 Å². The number of hydrogen-bond acceptors (Lipinski definition) is 4. The quantitative estimate of drug-likeness (QED) is 0.408. The molecule has 0 radical (unpaired) electrons. The third-order valence-corrected chi connectivity index (χ3v) is 0.290. The van der Waals surface area contributed by atoms with Gasteiger partial charge < -0.3 is 15.9 Å². The van der Waals surface area contributed by atoms with Crippen molar-refractivity contribution in [3.8, 4) is 0 Å². The Bertz CT molecular complexity index is 222. The Morgan fingerprint density at radius 3 is 3.86 bits per heavy atom. The predicted molar refractivity (Wildman–Crippen MR) is 22.7 cm³/mol. The first-order valence-corrected chi connectivity index (χ1v) is 1.34. The lowest BCUT2D eigenvalue weighted by atomic mass is 10.3. The van der Waals surface area contributed by atoms with E-state index in [-0.39, 0.29) is 0 Å². The van der Waals surface area contributed by atoms with Crippen molar-refractivity contribution in [1.29, 1.82) is 2.86 Å². The van der Waals surface area contributed by atoms with Crippen molar-refractivity contribution in [3.05, 3.63) is 0 Å². The van der Waals surface area contributed by atoms with Crippen LogP contribution in [0.2, 0.25) is 2.82 Å². The molecular weight excluding hydrogens is 98.0 g/mol. The molecule has 4 heteroatoms.